The second kappa shape index (κ2) is 7.09. The quantitative estimate of drug-likeness (QED) is 0.728. The molecule has 0 aromatic carbocycles. The molecule has 0 spiro atoms. The summed E-state index contributed by atoms with van der Waals surface area (Å²) in [4.78, 5) is 13.3. The fourth-order valence-corrected chi connectivity index (χ4v) is 1.74. The molecule has 0 radical (unpaired) electrons. The van der Waals surface area contributed by atoms with Crippen molar-refractivity contribution >= 4 is 11.8 Å². The molecule has 0 aliphatic rings. The molecule has 0 saturated carbocycles. The van der Waals surface area contributed by atoms with Crippen LogP contribution in [0.4, 0.5) is 11.8 Å². The number of nitrogens with zero attached hydrogens (tertiary/aromatic N) is 4. The van der Waals surface area contributed by atoms with Crippen molar-refractivity contribution in [2.45, 2.75) is 33.6 Å². The molecule has 1 aromatic rings. The molecule has 0 fully saturated rings. The van der Waals surface area contributed by atoms with Crippen molar-refractivity contribution in [3.05, 3.63) is 12.3 Å². The fourth-order valence-electron chi connectivity index (χ4n) is 1.74. The molecule has 0 N–H and O–H groups in total. The summed E-state index contributed by atoms with van der Waals surface area (Å²) in [6, 6.07) is 1.98. The molecule has 4 nitrogen and oxygen atoms in total. The molecule has 17 heavy (non-hydrogen) atoms. The van der Waals surface area contributed by atoms with Crippen molar-refractivity contribution < 1.29 is 0 Å². The summed E-state index contributed by atoms with van der Waals surface area (Å²) in [5.41, 5.74) is 0. The lowest BCUT2D eigenvalue weighted by atomic mass is 10.3. The molecular formula is C13H24N4. The van der Waals surface area contributed by atoms with Crippen LogP contribution in [0.2, 0.25) is 0 Å². The van der Waals surface area contributed by atoms with E-state index in [2.05, 4.69) is 47.6 Å². The third-order valence-corrected chi connectivity index (χ3v) is 2.90. The van der Waals surface area contributed by atoms with Crippen LogP contribution in [0, 0.1) is 0 Å². The van der Waals surface area contributed by atoms with E-state index in [1.807, 2.05) is 12.3 Å². The molecular weight excluding hydrogens is 212 g/mol. The summed E-state index contributed by atoms with van der Waals surface area (Å²) in [5, 5.41) is 0. The van der Waals surface area contributed by atoms with Gasteiger partial charge in [0.2, 0.25) is 5.95 Å². The van der Waals surface area contributed by atoms with Crippen LogP contribution < -0.4 is 9.80 Å². The van der Waals surface area contributed by atoms with Crippen molar-refractivity contribution in [2.24, 2.45) is 0 Å². The van der Waals surface area contributed by atoms with Crippen LogP contribution in [0.25, 0.3) is 0 Å². The fraction of sp³-hybridized carbons (Fsp3) is 0.692. The lowest BCUT2D eigenvalue weighted by Gasteiger charge is -2.22. The summed E-state index contributed by atoms with van der Waals surface area (Å²) in [5.74, 6) is 1.84. The summed E-state index contributed by atoms with van der Waals surface area (Å²) < 4.78 is 0. The number of aromatic nitrogens is 2. The van der Waals surface area contributed by atoms with Crippen molar-refractivity contribution in [1.29, 1.82) is 0 Å². The van der Waals surface area contributed by atoms with Crippen LogP contribution in [-0.4, -0.2) is 36.6 Å². The first-order chi connectivity index (χ1) is 8.22. The van der Waals surface area contributed by atoms with Gasteiger partial charge in [0.15, 0.2) is 0 Å². The summed E-state index contributed by atoms with van der Waals surface area (Å²) in [6.07, 6.45) is 4.22. The smallest absolute Gasteiger partial charge is 0.226 e. The first-order valence-corrected chi connectivity index (χ1v) is 6.52. The van der Waals surface area contributed by atoms with Crippen LogP contribution in [0.5, 0.6) is 0 Å². The Balaban J connectivity index is 2.77. The average Bonchev–Trinajstić information content (AvgIpc) is 2.38. The van der Waals surface area contributed by atoms with E-state index in [0.29, 0.717) is 0 Å². The molecule has 96 valence electrons. The maximum absolute atomic E-state index is 4.61. The van der Waals surface area contributed by atoms with Gasteiger partial charge in [0.1, 0.15) is 5.82 Å². The van der Waals surface area contributed by atoms with E-state index < -0.39 is 0 Å². The monoisotopic (exact) mass is 236 g/mol. The lowest BCUT2D eigenvalue weighted by Crippen LogP contribution is -2.25. The van der Waals surface area contributed by atoms with Crippen LogP contribution in [0.1, 0.15) is 33.6 Å². The van der Waals surface area contributed by atoms with Crippen molar-refractivity contribution in [3.8, 4) is 0 Å². The largest absolute Gasteiger partial charge is 0.357 e. The van der Waals surface area contributed by atoms with Crippen molar-refractivity contribution in [2.75, 3.05) is 36.5 Å². The predicted octanol–water partition coefficient (Wildman–Crippen LogP) is 2.56. The Morgan fingerprint density at radius 2 is 1.88 bits per heavy atom. The third kappa shape index (κ3) is 3.88. The number of rotatable bonds is 7. The van der Waals surface area contributed by atoms with Gasteiger partial charge < -0.3 is 9.80 Å². The summed E-state index contributed by atoms with van der Waals surface area (Å²) in [6.45, 7) is 9.45. The molecule has 1 heterocycles. The van der Waals surface area contributed by atoms with Crippen LogP contribution in [0.3, 0.4) is 0 Å². The molecule has 1 rings (SSSR count). The van der Waals surface area contributed by atoms with E-state index >= 15 is 0 Å². The normalized spacial score (nSPS) is 10.4. The van der Waals surface area contributed by atoms with Crippen LogP contribution in [0.15, 0.2) is 12.3 Å². The standard InChI is InChI=1S/C13H24N4/c1-5-8-11-16(4)13-14-10-9-12(15-13)17(6-2)7-3/h9-10H,5-8,11H2,1-4H3. The van der Waals surface area contributed by atoms with Gasteiger partial charge in [-0.2, -0.15) is 4.98 Å². The zero-order valence-electron chi connectivity index (χ0n) is 11.5. The first kappa shape index (κ1) is 13.7. The number of anilines is 2. The number of hydrogen-bond acceptors (Lipinski definition) is 4. The topological polar surface area (TPSA) is 32.3 Å². The highest BCUT2D eigenvalue weighted by atomic mass is 15.3. The van der Waals surface area contributed by atoms with Gasteiger partial charge >= 0.3 is 0 Å². The highest BCUT2D eigenvalue weighted by Gasteiger charge is 2.07. The van der Waals surface area contributed by atoms with Crippen molar-refractivity contribution in [1.82, 2.24) is 9.97 Å². The predicted molar refractivity (Wildman–Crippen MR) is 73.8 cm³/mol. The SMILES string of the molecule is CCCCN(C)c1nccc(N(CC)CC)n1. The molecule has 0 aliphatic heterocycles. The van der Waals surface area contributed by atoms with Gasteiger partial charge in [-0.25, -0.2) is 4.98 Å². The van der Waals surface area contributed by atoms with Crippen LogP contribution in [-0.2, 0) is 0 Å². The summed E-state index contributed by atoms with van der Waals surface area (Å²) in [7, 11) is 2.05. The van der Waals surface area contributed by atoms with Gasteiger partial charge in [-0.05, 0) is 26.3 Å². The van der Waals surface area contributed by atoms with Crippen molar-refractivity contribution in [3.63, 3.8) is 0 Å². The molecule has 4 heteroatoms. The Labute approximate surface area is 105 Å². The Morgan fingerprint density at radius 1 is 1.18 bits per heavy atom. The van der Waals surface area contributed by atoms with Crippen LogP contribution >= 0.6 is 0 Å². The van der Waals surface area contributed by atoms with Gasteiger partial charge in [-0.15, -0.1) is 0 Å². The third-order valence-electron chi connectivity index (χ3n) is 2.90. The minimum atomic E-state index is 0.822. The first-order valence-electron chi connectivity index (χ1n) is 6.52. The van der Waals surface area contributed by atoms with E-state index in [9.17, 15) is 0 Å². The second-order valence-corrected chi connectivity index (χ2v) is 4.16. The van der Waals surface area contributed by atoms with Gasteiger partial charge in [0, 0.05) is 32.9 Å². The molecule has 0 unspecified atom stereocenters. The second-order valence-electron chi connectivity index (χ2n) is 4.16. The van der Waals surface area contributed by atoms with Gasteiger partial charge in [-0.1, -0.05) is 13.3 Å². The van der Waals surface area contributed by atoms with E-state index in [4.69, 9.17) is 0 Å². The molecule has 0 atom stereocenters. The zero-order chi connectivity index (χ0) is 12.7. The van der Waals surface area contributed by atoms with E-state index in [1.165, 1.54) is 12.8 Å². The highest BCUT2D eigenvalue weighted by Crippen LogP contribution is 2.14. The average molecular weight is 236 g/mol. The molecule has 0 bridgehead atoms. The maximum Gasteiger partial charge on any atom is 0.226 e. The van der Waals surface area contributed by atoms with Gasteiger partial charge in [0.25, 0.3) is 0 Å². The molecule has 0 amide bonds. The Morgan fingerprint density at radius 3 is 2.47 bits per heavy atom. The minimum absolute atomic E-state index is 0.822. The van der Waals surface area contributed by atoms with E-state index in [-0.39, 0.29) is 0 Å². The minimum Gasteiger partial charge on any atom is -0.357 e. The lowest BCUT2D eigenvalue weighted by molar-refractivity contribution is 0.746. The van der Waals surface area contributed by atoms with E-state index in [0.717, 1.165) is 31.4 Å². The van der Waals surface area contributed by atoms with E-state index in [1.54, 1.807) is 0 Å². The van der Waals surface area contributed by atoms with Gasteiger partial charge in [-0.3, -0.25) is 0 Å². The Kier molecular flexibility index (Phi) is 5.73. The maximum atomic E-state index is 4.61. The highest BCUT2D eigenvalue weighted by molar-refractivity contribution is 5.43. The Hall–Kier alpha value is -1.32. The number of hydrogen-bond donors (Lipinski definition) is 0. The van der Waals surface area contributed by atoms with Gasteiger partial charge in [0.05, 0.1) is 0 Å². The molecule has 1 aromatic heterocycles. The summed E-state index contributed by atoms with van der Waals surface area (Å²) >= 11 is 0. The molecule has 0 saturated heterocycles. The molecule has 0 aliphatic carbocycles. The zero-order valence-corrected chi connectivity index (χ0v) is 11.5. The number of unbranched alkanes of at least 4 members (excludes halogenated alkanes) is 1. The Bertz CT molecular complexity index is 323.